The molecule has 0 spiro atoms. The third kappa shape index (κ3) is 5.93. The maximum Gasteiger partial charge on any atom is 0.156 e. The number of ketones is 1. The monoisotopic (exact) mass is 381 g/mol. The minimum Gasteiger partial charge on any atom is -0.508 e. The van der Waals surface area contributed by atoms with Gasteiger partial charge in [0, 0.05) is 18.0 Å². The second kappa shape index (κ2) is 10.4. The zero-order valence-electron chi connectivity index (χ0n) is 18.0. The largest absolute Gasteiger partial charge is 0.508 e. The van der Waals surface area contributed by atoms with Gasteiger partial charge in [-0.3, -0.25) is 9.69 Å². The summed E-state index contributed by atoms with van der Waals surface area (Å²) in [6, 6.07) is 11.4. The molecule has 1 aromatic rings. The van der Waals surface area contributed by atoms with Gasteiger partial charge in [0.15, 0.2) is 5.78 Å². The summed E-state index contributed by atoms with van der Waals surface area (Å²) in [5, 5.41) is 10.7. The summed E-state index contributed by atoms with van der Waals surface area (Å²) in [7, 11) is 0. The van der Waals surface area contributed by atoms with E-state index in [1.54, 1.807) is 19.1 Å². The van der Waals surface area contributed by atoms with Crippen molar-refractivity contribution in [3.05, 3.63) is 71.0 Å². The molecule has 3 heteroatoms. The summed E-state index contributed by atoms with van der Waals surface area (Å²) in [5.74, 6) is 0.454. The van der Waals surface area contributed by atoms with E-state index in [9.17, 15) is 9.90 Å². The van der Waals surface area contributed by atoms with Gasteiger partial charge < -0.3 is 5.11 Å². The van der Waals surface area contributed by atoms with Crippen LogP contribution in [-0.2, 0) is 4.79 Å². The lowest BCUT2D eigenvalue weighted by molar-refractivity contribution is -0.113. The molecule has 0 saturated heterocycles. The van der Waals surface area contributed by atoms with Crippen molar-refractivity contribution in [1.82, 2.24) is 4.90 Å². The predicted octanol–water partition coefficient (Wildman–Crippen LogP) is 5.96. The topological polar surface area (TPSA) is 40.5 Å². The van der Waals surface area contributed by atoms with Gasteiger partial charge in [-0.05, 0) is 83.2 Å². The van der Waals surface area contributed by atoms with Gasteiger partial charge in [-0.2, -0.15) is 0 Å². The molecule has 152 valence electrons. The second-order valence-electron chi connectivity index (χ2n) is 8.19. The fourth-order valence-electron chi connectivity index (χ4n) is 4.03. The molecule has 1 aliphatic rings. The molecule has 0 heterocycles. The highest BCUT2D eigenvalue weighted by atomic mass is 16.3. The number of benzene rings is 1. The van der Waals surface area contributed by atoms with Crippen LogP contribution in [0.15, 0.2) is 65.5 Å². The minimum absolute atomic E-state index is 0.0577. The number of aliphatic hydroxyl groups is 1. The molecule has 0 amide bonds. The molecule has 2 rings (SSSR count). The van der Waals surface area contributed by atoms with Crippen LogP contribution in [0.5, 0.6) is 0 Å². The third-order valence-corrected chi connectivity index (χ3v) is 5.55. The first-order chi connectivity index (χ1) is 13.3. The Balaban J connectivity index is 2.23. The number of nitrogens with zero attached hydrogens (tertiary/aromatic N) is 1. The summed E-state index contributed by atoms with van der Waals surface area (Å²) in [4.78, 5) is 14.3. The van der Waals surface area contributed by atoms with E-state index in [-0.39, 0.29) is 17.5 Å². The van der Waals surface area contributed by atoms with Crippen molar-refractivity contribution < 1.29 is 9.90 Å². The van der Waals surface area contributed by atoms with E-state index in [2.05, 4.69) is 44.7 Å². The Morgan fingerprint density at radius 2 is 1.71 bits per heavy atom. The molecule has 28 heavy (non-hydrogen) atoms. The molecule has 1 unspecified atom stereocenters. The number of aliphatic hydroxyl groups excluding tert-OH is 1. The first-order valence-electron chi connectivity index (χ1n) is 10.4. The highest BCUT2D eigenvalue weighted by Gasteiger charge is 2.22. The summed E-state index contributed by atoms with van der Waals surface area (Å²) in [6.07, 6.45) is 8.04. The van der Waals surface area contributed by atoms with E-state index in [1.807, 2.05) is 24.3 Å². The zero-order valence-corrected chi connectivity index (χ0v) is 18.0. The van der Waals surface area contributed by atoms with Gasteiger partial charge in [0.2, 0.25) is 0 Å². The lowest BCUT2D eigenvalue weighted by Crippen LogP contribution is -2.37. The van der Waals surface area contributed by atoms with Crippen LogP contribution in [0.25, 0.3) is 0 Å². The van der Waals surface area contributed by atoms with Crippen molar-refractivity contribution in [2.75, 3.05) is 6.54 Å². The molecule has 1 aromatic carbocycles. The zero-order chi connectivity index (χ0) is 20.7. The average Bonchev–Trinajstić information content (AvgIpc) is 2.84. The van der Waals surface area contributed by atoms with Gasteiger partial charge in [-0.25, -0.2) is 0 Å². The molecule has 0 aliphatic heterocycles. The molecule has 0 aromatic heterocycles. The predicted molar refractivity (Wildman–Crippen MR) is 118 cm³/mol. The van der Waals surface area contributed by atoms with Gasteiger partial charge in [-0.1, -0.05) is 42.5 Å². The van der Waals surface area contributed by atoms with Crippen LogP contribution in [0, 0.1) is 0 Å². The summed E-state index contributed by atoms with van der Waals surface area (Å²) < 4.78 is 0. The molecule has 1 aliphatic carbocycles. The lowest BCUT2D eigenvalue weighted by Gasteiger charge is -2.31. The molecular formula is C25H35NO2. The highest BCUT2D eigenvalue weighted by Crippen LogP contribution is 2.35. The van der Waals surface area contributed by atoms with Crippen LogP contribution < -0.4 is 0 Å². The molecule has 1 atom stereocenters. The van der Waals surface area contributed by atoms with Crippen LogP contribution >= 0.6 is 0 Å². The fraction of sp³-hybridized carbons (Fsp3) is 0.480. The van der Waals surface area contributed by atoms with Gasteiger partial charge in [0.05, 0.1) is 0 Å². The summed E-state index contributed by atoms with van der Waals surface area (Å²) in [6.45, 7) is 11.6. The Bertz CT molecular complexity index is 733. The first-order valence-corrected chi connectivity index (χ1v) is 10.4. The second-order valence-corrected chi connectivity index (χ2v) is 8.19. The van der Waals surface area contributed by atoms with Crippen LogP contribution in [0.2, 0.25) is 0 Å². The smallest absolute Gasteiger partial charge is 0.156 e. The van der Waals surface area contributed by atoms with Crippen molar-refractivity contribution in [2.45, 2.75) is 71.9 Å². The Labute approximate surface area is 170 Å². The van der Waals surface area contributed by atoms with Crippen molar-refractivity contribution in [3.8, 4) is 0 Å². The molecule has 0 saturated carbocycles. The SMILES string of the molecule is CC(=O)C1=CC=C(O)C(C(CCCN(C(C)C)C(C)C)c2ccccc2)=CC1. The molecule has 3 nitrogen and oxygen atoms in total. The standard InChI is InChI=1S/C25H35NO2/c1-18(2)26(19(3)4)17-9-12-23(22-10-7-6-8-11-22)24-15-13-21(20(5)27)14-16-25(24)28/h6-8,10-11,14-16,18-19,23,28H,9,12-13,17H2,1-5H3. The molecule has 0 radical (unpaired) electrons. The van der Waals surface area contributed by atoms with E-state index >= 15 is 0 Å². The quantitative estimate of drug-likeness (QED) is 0.574. The average molecular weight is 382 g/mol. The Hall–Kier alpha value is -2.13. The third-order valence-electron chi connectivity index (χ3n) is 5.55. The van der Waals surface area contributed by atoms with Gasteiger partial charge in [0.25, 0.3) is 0 Å². The van der Waals surface area contributed by atoms with E-state index in [4.69, 9.17) is 0 Å². The summed E-state index contributed by atoms with van der Waals surface area (Å²) >= 11 is 0. The van der Waals surface area contributed by atoms with Crippen LogP contribution in [-0.4, -0.2) is 34.4 Å². The number of Topliss-reactive ketones (excluding diaryl/α,β-unsaturated/α-hetero) is 1. The molecule has 1 N–H and O–H groups in total. The normalized spacial score (nSPS) is 15.9. The van der Waals surface area contributed by atoms with Crippen LogP contribution in [0.3, 0.4) is 0 Å². The van der Waals surface area contributed by atoms with Crippen molar-refractivity contribution in [3.63, 3.8) is 0 Å². The number of rotatable bonds is 9. The number of hydrogen-bond donors (Lipinski definition) is 1. The fourth-order valence-corrected chi connectivity index (χ4v) is 4.03. The van der Waals surface area contributed by atoms with Crippen LogP contribution in [0.1, 0.15) is 65.4 Å². The van der Waals surface area contributed by atoms with Crippen LogP contribution in [0.4, 0.5) is 0 Å². The number of carbonyl (C=O) groups is 1. The number of allylic oxidation sites excluding steroid dienone is 5. The molecular weight excluding hydrogens is 346 g/mol. The number of carbonyl (C=O) groups excluding carboxylic acids is 1. The van der Waals surface area contributed by atoms with E-state index in [0.717, 1.165) is 30.5 Å². The lowest BCUT2D eigenvalue weighted by atomic mass is 9.85. The van der Waals surface area contributed by atoms with Crippen molar-refractivity contribution >= 4 is 5.78 Å². The maximum atomic E-state index is 11.8. The van der Waals surface area contributed by atoms with Crippen molar-refractivity contribution in [2.24, 2.45) is 0 Å². The first kappa shape index (κ1) is 22.2. The minimum atomic E-state index is 0.0577. The van der Waals surface area contributed by atoms with Gasteiger partial charge in [-0.15, -0.1) is 0 Å². The Kier molecular flexibility index (Phi) is 8.25. The van der Waals surface area contributed by atoms with Gasteiger partial charge in [0.1, 0.15) is 5.76 Å². The van der Waals surface area contributed by atoms with Crippen molar-refractivity contribution in [1.29, 1.82) is 0 Å². The van der Waals surface area contributed by atoms with E-state index < -0.39 is 0 Å². The molecule has 0 fully saturated rings. The van der Waals surface area contributed by atoms with E-state index in [0.29, 0.717) is 18.5 Å². The highest BCUT2D eigenvalue weighted by molar-refractivity contribution is 5.94. The van der Waals surface area contributed by atoms with E-state index in [1.165, 1.54) is 5.56 Å². The van der Waals surface area contributed by atoms with Gasteiger partial charge >= 0.3 is 0 Å². The number of hydrogen-bond acceptors (Lipinski definition) is 3. The Morgan fingerprint density at radius 1 is 1.07 bits per heavy atom. The Morgan fingerprint density at radius 3 is 2.29 bits per heavy atom. The molecule has 0 bridgehead atoms. The summed E-state index contributed by atoms with van der Waals surface area (Å²) in [5.41, 5.74) is 2.87. The maximum absolute atomic E-state index is 11.8.